The first-order valence-electron chi connectivity index (χ1n) is 16.6. The van der Waals surface area contributed by atoms with E-state index >= 15 is 0 Å². The summed E-state index contributed by atoms with van der Waals surface area (Å²) in [6, 6.07) is 9.71. The van der Waals surface area contributed by atoms with Crippen molar-refractivity contribution in [3.63, 3.8) is 0 Å². The molecule has 4 rings (SSSR count). The first-order valence-corrected chi connectivity index (χ1v) is 16.6. The summed E-state index contributed by atoms with van der Waals surface area (Å²) >= 11 is 0. The number of cyclic esters (lactones) is 1. The fourth-order valence-corrected chi connectivity index (χ4v) is 5.89. The molecule has 1 aromatic heterocycles. The van der Waals surface area contributed by atoms with Crippen LogP contribution in [0, 0.1) is 11.3 Å². The molecule has 0 fully saturated rings. The Bertz CT molecular complexity index is 1770. The van der Waals surface area contributed by atoms with Gasteiger partial charge in [-0.05, 0) is 74.1 Å². The number of phenols is 2. The zero-order chi connectivity index (χ0) is 36.9. The molecule has 3 aromatic rings. The molecular weight excluding hydrogens is 658 g/mol. The van der Waals surface area contributed by atoms with Gasteiger partial charge in [0.2, 0.25) is 17.5 Å². The molecule has 1 amide bonds. The lowest BCUT2D eigenvalue weighted by Crippen LogP contribution is -2.29. The highest BCUT2D eigenvalue weighted by Crippen LogP contribution is 2.47. The smallest absolute Gasteiger partial charge is 0.342 e. The van der Waals surface area contributed by atoms with E-state index in [0.717, 1.165) is 0 Å². The predicted molar refractivity (Wildman–Crippen MR) is 186 cm³/mol. The third-order valence-corrected chi connectivity index (χ3v) is 8.43. The van der Waals surface area contributed by atoms with E-state index in [4.69, 9.17) is 23.7 Å². The van der Waals surface area contributed by atoms with E-state index in [9.17, 15) is 29.9 Å². The van der Waals surface area contributed by atoms with E-state index in [1.54, 1.807) is 43.3 Å². The van der Waals surface area contributed by atoms with Crippen LogP contribution in [-0.2, 0) is 14.3 Å². The Hall–Kier alpha value is -5.77. The molecule has 13 heteroatoms. The largest absolute Gasteiger partial charge is 0.507 e. The molecule has 2 heterocycles. The lowest BCUT2D eigenvalue weighted by Gasteiger charge is -2.24. The normalized spacial score (nSPS) is 15.7. The Morgan fingerprint density at radius 1 is 1.10 bits per heavy atom. The van der Waals surface area contributed by atoms with E-state index in [2.05, 4.69) is 10.3 Å². The number of amides is 1. The number of rotatable bonds is 11. The second-order valence-corrected chi connectivity index (χ2v) is 11.9. The number of ketones is 1. The fraction of sp³-hybridized carbons (Fsp3) is 0.395. The van der Waals surface area contributed by atoms with Crippen LogP contribution in [0.1, 0.15) is 90.4 Å². The second kappa shape index (κ2) is 18.3. The van der Waals surface area contributed by atoms with Crippen molar-refractivity contribution in [2.75, 3.05) is 34.5 Å². The van der Waals surface area contributed by atoms with Crippen molar-refractivity contribution in [1.82, 2.24) is 10.3 Å². The van der Waals surface area contributed by atoms with E-state index in [1.807, 2.05) is 6.07 Å². The van der Waals surface area contributed by atoms with E-state index in [0.29, 0.717) is 44.1 Å². The number of hydrogen-bond donors (Lipinski definition) is 3. The third kappa shape index (κ3) is 9.69. The number of esters is 1. The summed E-state index contributed by atoms with van der Waals surface area (Å²) < 4.78 is 27.9. The number of hydrogen-bond acceptors (Lipinski definition) is 12. The zero-order valence-corrected chi connectivity index (χ0v) is 29.2. The van der Waals surface area contributed by atoms with Crippen molar-refractivity contribution in [2.45, 2.75) is 63.9 Å². The molecule has 1 aliphatic rings. The van der Waals surface area contributed by atoms with Gasteiger partial charge in [0, 0.05) is 36.9 Å². The SMILES string of the molecule is COc1cc(C(CC(=O)NCCOc2ncccc2C#N)c2c(O)cc3c(c2O)C(=O)OC(C)CCCC(=O)CCCC=C3)cc(OC)c1OC. The number of phenolic OH excluding ortho intramolecular Hbond substituents is 2. The number of fused-ring (bicyclic) bond motifs is 1. The van der Waals surface area contributed by atoms with Crippen molar-refractivity contribution in [1.29, 1.82) is 5.26 Å². The molecule has 51 heavy (non-hydrogen) atoms. The molecule has 1 aliphatic heterocycles. The third-order valence-electron chi connectivity index (χ3n) is 8.43. The van der Waals surface area contributed by atoms with Crippen molar-refractivity contribution < 1.29 is 48.3 Å². The summed E-state index contributed by atoms with van der Waals surface area (Å²) in [6.45, 7) is 1.76. The minimum absolute atomic E-state index is 0.00610. The zero-order valence-electron chi connectivity index (χ0n) is 29.2. The lowest BCUT2D eigenvalue weighted by atomic mass is 9.84. The summed E-state index contributed by atoms with van der Waals surface area (Å²) in [5.41, 5.74) is 0.597. The van der Waals surface area contributed by atoms with E-state index < -0.39 is 29.6 Å². The molecule has 0 spiro atoms. The van der Waals surface area contributed by atoms with Gasteiger partial charge in [-0.2, -0.15) is 5.26 Å². The first-order chi connectivity index (χ1) is 24.6. The maximum absolute atomic E-state index is 13.7. The molecule has 13 nitrogen and oxygen atoms in total. The van der Waals surface area contributed by atoms with Gasteiger partial charge in [0.05, 0.1) is 34.0 Å². The van der Waals surface area contributed by atoms with Gasteiger partial charge in [-0.15, -0.1) is 0 Å². The summed E-state index contributed by atoms with van der Waals surface area (Å²) in [6.07, 6.45) is 6.96. The molecule has 270 valence electrons. The molecule has 0 aliphatic carbocycles. The number of aromatic hydroxyl groups is 2. The molecule has 2 unspecified atom stereocenters. The van der Waals surface area contributed by atoms with Crippen molar-refractivity contribution in [3.05, 3.63) is 70.4 Å². The molecule has 0 radical (unpaired) electrons. The molecule has 0 saturated heterocycles. The Labute approximate surface area is 296 Å². The highest BCUT2D eigenvalue weighted by molar-refractivity contribution is 5.98. The Kier molecular flexibility index (Phi) is 13.6. The molecule has 0 saturated carbocycles. The topological polar surface area (TPSA) is 187 Å². The maximum atomic E-state index is 13.7. The first kappa shape index (κ1) is 38.0. The van der Waals surface area contributed by atoms with Crippen LogP contribution in [0.2, 0.25) is 0 Å². The number of benzene rings is 2. The van der Waals surface area contributed by atoms with Gasteiger partial charge in [0.15, 0.2) is 11.5 Å². The van der Waals surface area contributed by atoms with Crippen LogP contribution in [0.3, 0.4) is 0 Å². The number of ether oxygens (including phenoxy) is 5. The van der Waals surface area contributed by atoms with Crippen molar-refractivity contribution in [2.24, 2.45) is 0 Å². The lowest BCUT2D eigenvalue weighted by molar-refractivity contribution is -0.121. The fourth-order valence-electron chi connectivity index (χ4n) is 5.89. The van der Waals surface area contributed by atoms with Gasteiger partial charge < -0.3 is 39.2 Å². The van der Waals surface area contributed by atoms with Crippen LogP contribution >= 0.6 is 0 Å². The molecule has 2 aromatic carbocycles. The van der Waals surface area contributed by atoms with E-state index in [-0.39, 0.29) is 76.5 Å². The van der Waals surface area contributed by atoms with Crippen LogP contribution in [-0.4, -0.2) is 73.4 Å². The monoisotopic (exact) mass is 701 g/mol. The van der Waals surface area contributed by atoms with Gasteiger partial charge in [-0.25, -0.2) is 9.78 Å². The van der Waals surface area contributed by atoms with Crippen molar-refractivity contribution in [3.8, 4) is 40.7 Å². The maximum Gasteiger partial charge on any atom is 0.342 e. The van der Waals surface area contributed by atoms with Gasteiger partial charge in [0.1, 0.15) is 41.1 Å². The number of nitriles is 1. The number of Topliss-reactive ketones (excluding diaryl/α,β-unsaturated/α-hetero) is 1. The van der Waals surface area contributed by atoms with Crippen LogP contribution in [0.4, 0.5) is 0 Å². The van der Waals surface area contributed by atoms with Crippen LogP contribution in [0.15, 0.2) is 42.6 Å². The predicted octanol–water partition coefficient (Wildman–Crippen LogP) is 5.59. The van der Waals surface area contributed by atoms with Gasteiger partial charge >= 0.3 is 5.97 Å². The number of carbonyl (C=O) groups excluding carboxylic acids is 3. The molecule has 0 bridgehead atoms. The molecule has 2 atom stereocenters. The van der Waals surface area contributed by atoms with Crippen LogP contribution in [0.5, 0.6) is 34.6 Å². The minimum Gasteiger partial charge on any atom is -0.507 e. The summed E-state index contributed by atoms with van der Waals surface area (Å²) in [7, 11) is 4.31. The van der Waals surface area contributed by atoms with Crippen LogP contribution in [0.25, 0.3) is 6.08 Å². The quantitative estimate of drug-likeness (QED) is 0.166. The van der Waals surface area contributed by atoms with Crippen molar-refractivity contribution >= 4 is 23.7 Å². The molecule has 3 N–H and O–H groups in total. The average molecular weight is 702 g/mol. The van der Waals surface area contributed by atoms with Gasteiger partial charge in [-0.1, -0.05) is 12.2 Å². The standard InChI is InChI=1S/C38H43N3O10/c1-23-10-8-14-27(42)13-7-5-6-11-24-18-29(43)34(35(45)33(24)38(46)51-23)28(26-19-30(47-2)36(49-4)31(20-26)48-3)21-32(44)40-16-17-50-37-25(22-39)12-9-15-41-37/h6,9,11-12,15,18-20,23,28,43,45H,5,7-8,10,13-14,16-17,21H2,1-4H3,(H,40,44). The Balaban J connectivity index is 1.75. The number of nitrogens with zero attached hydrogens (tertiary/aromatic N) is 2. The highest BCUT2D eigenvalue weighted by Gasteiger charge is 2.32. The summed E-state index contributed by atoms with van der Waals surface area (Å²) in [5.74, 6) is -2.17. The van der Waals surface area contributed by atoms with Crippen LogP contribution < -0.4 is 24.3 Å². The number of carbonyl (C=O) groups is 3. The second-order valence-electron chi connectivity index (χ2n) is 11.9. The minimum atomic E-state index is -1.04. The highest BCUT2D eigenvalue weighted by atomic mass is 16.5. The average Bonchev–Trinajstić information content (AvgIpc) is 3.11. The number of pyridine rings is 1. The number of nitrogens with one attached hydrogen (secondary N) is 1. The Morgan fingerprint density at radius 2 is 1.82 bits per heavy atom. The molecular formula is C38H43N3O10. The summed E-state index contributed by atoms with van der Waals surface area (Å²) in [4.78, 5) is 43.5. The van der Waals surface area contributed by atoms with Gasteiger partial charge in [-0.3, -0.25) is 9.59 Å². The van der Waals surface area contributed by atoms with Gasteiger partial charge in [0.25, 0.3) is 0 Å². The number of aromatic nitrogens is 1. The summed E-state index contributed by atoms with van der Waals surface area (Å²) in [5, 5.41) is 35.5. The number of methoxy groups -OCH3 is 3. The Morgan fingerprint density at radius 3 is 2.51 bits per heavy atom. The van der Waals surface area contributed by atoms with E-state index in [1.165, 1.54) is 33.6 Å². The number of allylic oxidation sites excluding steroid dienone is 1.